The number of ether oxygens (including phenoxy) is 1. The van der Waals surface area contributed by atoms with E-state index < -0.39 is 0 Å². The number of nitrogens with zero attached hydrogens (tertiary/aromatic N) is 3. The molecule has 4 nitrogen and oxygen atoms in total. The van der Waals surface area contributed by atoms with Gasteiger partial charge in [0.2, 0.25) is 0 Å². The zero-order chi connectivity index (χ0) is 14.8. The monoisotopic (exact) mass is 289 g/mol. The molecule has 1 aliphatic heterocycles. The molecule has 1 aromatic heterocycles. The van der Waals surface area contributed by atoms with Crippen LogP contribution in [0.15, 0.2) is 24.3 Å². The Hall–Kier alpha value is -1.75. The number of halogens is 1. The summed E-state index contributed by atoms with van der Waals surface area (Å²) in [5.41, 5.74) is 0.824. The van der Waals surface area contributed by atoms with Crippen molar-refractivity contribution in [2.24, 2.45) is 5.92 Å². The number of benzene rings is 1. The molecule has 0 aliphatic carbocycles. The number of hydrogen-bond donors (Lipinski definition) is 0. The highest BCUT2D eigenvalue weighted by atomic mass is 19.1. The Morgan fingerprint density at radius 1 is 1.33 bits per heavy atom. The fraction of sp³-hybridized carbons (Fsp3) is 0.500. The van der Waals surface area contributed by atoms with Gasteiger partial charge in [0, 0.05) is 13.0 Å². The Kier molecular flexibility index (Phi) is 4.01. The van der Waals surface area contributed by atoms with Crippen molar-refractivity contribution in [3.63, 3.8) is 0 Å². The van der Waals surface area contributed by atoms with Crippen LogP contribution in [0.5, 0.6) is 0 Å². The molecular formula is C16H20FN3O. The van der Waals surface area contributed by atoms with Crippen molar-refractivity contribution < 1.29 is 9.13 Å². The molecule has 3 rings (SSSR count). The van der Waals surface area contributed by atoms with Crippen LogP contribution < -0.4 is 0 Å². The van der Waals surface area contributed by atoms with Crippen LogP contribution >= 0.6 is 0 Å². The van der Waals surface area contributed by atoms with E-state index in [1.807, 2.05) is 0 Å². The van der Waals surface area contributed by atoms with Crippen LogP contribution in [0, 0.1) is 11.7 Å². The standard InChI is InChI=1S/C16H20FN3O/c1-11(2)10-15-18-16(14-4-3-9-21-14)20(19-15)13-7-5-12(17)6-8-13/h5-8,11,14H,3-4,9-10H2,1-2H3/t14-/m1/s1. The summed E-state index contributed by atoms with van der Waals surface area (Å²) in [6, 6.07) is 6.33. The van der Waals surface area contributed by atoms with E-state index in [0.717, 1.165) is 43.2 Å². The SMILES string of the molecule is CC(C)Cc1nc([C@H]2CCCO2)n(-c2ccc(F)cc2)n1. The van der Waals surface area contributed by atoms with E-state index in [0.29, 0.717) is 5.92 Å². The molecule has 0 N–H and O–H groups in total. The Balaban J connectivity index is 1.99. The predicted molar refractivity (Wildman–Crippen MR) is 77.8 cm³/mol. The van der Waals surface area contributed by atoms with E-state index >= 15 is 0 Å². The third-order valence-electron chi connectivity index (χ3n) is 3.56. The number of aromatic nitrogens is 3. The largest absolute Gasteiger partial charge is 0.370 e. The highest BCUT2D eigenvalue weighted by Crippen LogP contribution is 2.29. The second kappa shape index (κ2) is 5.93. The van der Waals surface area contributed by atoms with Gasteiger partial charge >= 0.3 is 0 Å². The third-order valence-corrected chi connectivity index (χ3v) is 3.56. The van der Waals surface area contributed by atoms with Crippen molar-refractivity contribution >= 4 is 0 Å². The van der Waals surface area contributed by atoms with Crippen molar-refractivity contribution in [2.45, 2.75) is 39.2 Å². The molecular weight excluding hydrogens is 269 g/mol. The summed E-state index contributed by atoms with van der Waals surface area (Å²) in [5, 5.41) is 4.60. The summed E-state index contributed by atoms with van der Waals surface area (Å²) >= 11 is 0. The summed E-state index contributed by atoms with van der Waals surface area (Å²) in [6.07, 6.45) is 2.82. The predicted octanol–water partition coefficient (Wildman–Crippen LogP) is 3.46. The van der Waals surface area contributed by atoms with Gasteiger partial charge in [-0.25, -0.2) is 14.1 Å². The van der Waals surface area contributed by atoms with Crippen molar-refractivity contribution in [2.75, 3.05) is 6.61 Å². The van der Waals surface area contributed by atoms with E-state index in [-0.39, 0.29) is 11.9 Å². The van der Waals surface area contributed by atoms with Crippen LogP contribution in [0.25, 0.3) is 5.69 Å². The smallest absolute Gasteiger partial charge is 0.161 e. The van der Waals surface area contributed by atoms with E-state index in [1.54, 1.807) is 16.8 Å². The highest BCUT2D eigenvalue weighted by Gasteiger charge is 2.25. The van der Waals surface area contributed by atoms with Gasteiger partial charge in [-0.3, -0.25) is 0 Å². The van der Waals surface area contributed by atoms with E-state index in [4.69, 9.17) is 4.74 Å². The molecule has 1 fully saturated rings. The lowest BCUT2D eigenvalue weighted by Gasteiger charge is -2.10. The lowest BCUT2D eigenvalue weighted by atomic mass is 10.1. The zero-order valence-electron chi connectivity index (χ0n) is 12.4. The molecule has 112 valence electrons. The molecule has 1 aromatic carbocycles. The molecule has 0 amide bonds. The van der Waals surface area contributed by atoms with Crippen LogP contribution in [0.1, 0.15) is 44.4 Å². The first-order chi connectivity index (χ1) is 10.1. The average molecular weight is 289 g/mol. The van der Waals surface area contributed by atoms with Crippen LogP contribution in [-0.4, -0.2) is 21.4 Å². The molecule has 5 heteroatoms. The number of rotatable bonds is 4. The van der Waals surface area contributed by atoms with Crippen LogP contribution in [-0.2, 0) is 11.2 Å². The van der Waals surface area contributed by atoms with Gasteiger partial charge in [-0.1, -0.05) is 13.8 Å². The maximum absolute atomic E-state index is 13.1. The molecule has 0 spiro atoms. The van der Waals surface area contributed by atoms with Crippen molar-refractivity contribution in [1.29, 1.82) is 0 Å². The van der Waals surface area contributed by atoms with Crippen LogP contribution in [0.4, 0.5) is 4.39 Å². The number of hydrogen-bond acceptors (Lipinski definition) is 3. The third kappa shape index (κ3) is 3.13. The molecule has 0 radical (unpaired) electrons. The van der Waals surface area contributed by atoms with Crippen molar-refractivity contribution in [1.82, 2.24) is 14.8 Å². The van der Waals surface area contributed by atoms with Crippen molar-refractivity contribution in [3.05, 3.63) is 41.7 Å². The molecule has 0 unspecified atom stereocenters. The minimum absolute atomic E-state index is 0.0107. The van der Waals surface area contributed by atoms with Gasteiger partial charge < -0.3 is 4.74 Å². The van der Waals surface area contributed by atoms with Gasteiger partial charge in [0.05, 0.1) is 5.69 Å². The van der Waals surface area contributed by atoms with E-state index in [2.05, 4.69) is 23.9 Å². The Morgan fingerprint density at radius 2 is 2.10 bits per heavy atom. The minimum Gasteiger partial charge on any atom is -0.370 e. The quantitative estimate of drug-likeness (QED) is 0.865. The van der Waals surface area contributed by atoms with Gasteiger partial charge in [0.25, 0.3) is 0 Å². The fourth-order valence-corrected chi connectivity index (χ4v) is 2.58. The van der Waals surface area contributed by atoms with Crippen LogP contribution in [0.2, 0.25) is 0 Å². The molecule has 1 saturated heterocycles. The summed E-state index contributed by atoms with van der Waals surface area (Å²) in [5.74, 6) is 1.89. The van der Waals surface area contributed by atoms with Gasteiger partial charge in [0.1, 0.15) is 11.9 Å². The minimum atomic E-state index is -0.250. The molecule has 2 aromatic rings. The lowest BCUT2D eigenvalue weighted by Crippen LogP contribution is -2.08. The highest BCUT2D eigenvalue weighted by molar-refractivity contribution is 5.32. The molecule has 0 bridgehead atoms. The van der Waals surface area contributed by atoms with Gasteiger partial charge in [-0.15, -0.1) is 0 Å². The molecule has 21 heavy (non-hydrogen) atoms. The second-order valence-corrected chi connectivity index (χ2v) is 5.87. The fourth-order valence-electron chi connectivity index (χ4n) is 2.58. The molecule has 1 atom stereocenters. The maximum Gasteiger partial charge on any atom is 0.161 e. The van der Waals surface area contributed by atoms with E-state index in [1.165, 1.54) is 12.1 Å². The van der Waals surface area contributed by atoms with Crippen molar-refractivity contribution in [3.8, 4) is 5.69 Å². The van der Waals surface area contributed by atoms with Crippen LogP contribution in [0.3, 0.4) is 0 Å². The summed E-state index contributed by atoms with van der Waals surface area (Å²) in [4.78, 5) is 4.66. The first kappa shape index (κ1) is 14.2. The normalized spacial score (nSPS) is 18.6. The topological polar surface area (TPSA) is 39.9 Å². The van der Waals surface area contributed by atoms with Gasteiger partial charge in [-0.05, 0) is 43.0 Å². The summed E-state index contributed by atoms with van der Waals surface area (Å²) in [7, 11) is 0. The maximum atomic E-state index is 13.1. The zero-order valence-corrected chi connectivity index (χ0v) is 12.4. The first-order valence-corrected chi connectivity index (χ1v) is 7.47. The van der Waals surface area contributed by atoms with Gasteiger partial charge in [0.15, 0.2) is 11.6 Å². The summed E-state index contributed by atoms with van der Waals surface area (Å²) < 4.78 is 20.7. The molecule has 2 heterocycles. The molecule has 1 aliphatic rings. The summed E-state index contributed by atoms with van der Waals surface area (Å²) in [6.45, 7) is 5.05. The van der Waals surface area contributed by atoms with Gasteiger partial charge in [-0.2, -0.15) is 5.10 Å². The lowest BCUT2D eigenvalue weighted by molar-refractivity contribution is 0.103. The Bertz CT molecular complexity index is 600. The Morgan fingerprint density at radius 3 is 2.71 bits per heavy atom. The molecule has 0 saturated carbocycles. The Labute approximate surface area is 124 Å². The van der Waals surface area contributed by atoms with E-state index in [9.17, 15) is 4.39 Å². The average Bonchev–Trinajstić information content (AvgIpc) is 3.07. The second-order valence-electron chi connectivity index (χ2n) is 5.87. The first-order valence-electron chi connectivity index (χ1n) is 7.47.